The van der Waals surface area contributed by atoms with Gasteiger partial charge in [-0.1, -0.05) is 0 Å². The van der Waals surface area contributed by atoms with Crippen molar-refractivity contribution in [3.8, 4) is 17.6 Å². The number of pyridine rings is 1. The van der Waals surface area contributed by atoms with Crippen LogP contribution in [-0.2, 0) is 10.0 Å². The first-order valence-electron chi connectivity index (χ1n) is 9.28. The van der Waals surface area contributed by atoms with E-state index in [0.717, 1.165) is 0 Å². The van der Waals surface area contributed by atoms with Crippen LogP contribution in [0.4, 0.5) is 17.1 Å². The van der Waals surface area contributed by atoms with E-state index in [-0.39, 0.29) is 5.25 Å². The van der Waals surface area contributed by atoms with Crippen molar-refractivity contribution in [3.05, 3.63) is 48.2 Å². The lowest BCUT2D eigenvalue weighted by atomic mass is 10.1. The molecule has 0 unspecified atom stereocenters. The van der Waals surface area contributed by atoms with E-state index >= 15 is 0 Å². The van der Waals surface area contributed by atoms with Crippen molar-refractivity contribution in [1.29, 1.82) is 5.26 Å². The van der Waals surface area contributed by atoms with Gasteiger partial charge in [-0.3, -0.25) is 9.71 Å². The molecule has 1 aliphatic carbocycles. The Morgan fingerprint density at radius 2 is 1.70 bits per heavy atom. The number of fused-ring (bicyclic) bond motifs is 1. The van der Waals surface area contributed by atoms with Gasteiger partial charge in [-0.2, -0.15) is 5.26 Å². The van der Waals surface area contributed by atoms with Crippen LogP contribution in [0.5, 0.6) is 11.5 Å². The third-order valence-corrected chi connectivity index (χ3v) is 6.74. The normalized spacial score (nSPS) is 13.5. The minimum Gasteiger partial charge on any atom is -0.493 e. The number of ether oxygens (including phenoxy) is 2. The van der Waals surface area contributed by atoms with E-state index in [4.69, 9.17) is 9.47 Å². The highest BCUT2D eigenvalue weighted by Gasteiger charge is 2.35. The van der Waals surface area contributed by atoms with Gasteiger partial charge < -0.3 is 14.8 Å². The SMILES string of the molecule is COc1cc2ncc(C#N)c(Nc3ccc(NS(=O)(=O)C4CC4)cc3)c2cc1OC. The maximum Gasteiger partial charge on any atom is 0.235 e. The second kappa shape index (κ2) is 7.72. The van der Waals surface area contributed by atoms with Crippen LogP contribution >= 0.6 is 0 Å². The number of rotatable bonds is 7. The Hall–Kier alpha value is -3.51. The van der Waals surface area contributed by atoms with Gasteiger partial charge in [0.15, 0.2) is 11.5 Å². The lowest BCUT2D eigenvalue weighted by Gasteiger charge is -2.15. The average molecular weight is 424 g/mol. The van der Waals surface area contributed by atoms with Crippen LogP contribution in [-0.4, -0.2) is 32.9 Å². The third-order valence-electron chi connectivity index (χ3n) is 4.87. The summed E-state index contributed by atoms with van der Waals surface area (Å²) in [7, 11) is -0.225. The molecular weight excluding hydrogens is 404 g/mol. The fourth-order valence-electron chi connectivity index (χ4n) is 3.13. The average Bonchev–Trinajstić information content (AvgIpc) is 3.60. The maximum absolute atomic E-state index is 12.1. The number of hydrogen-bond acceptors (Lipinski definition) is 7. The Bertz CT molecular complexity index is 1250. The lowest BCUT2D eigenvalue weighted by molar-refractivity contribution is 0.356. The van der Waals surface area contributed by atoms with Crippen molar-refractivity contribution in [2.75, 3.05) is 24.3 Å². The maximum atomic E-state index is 12.1. The predicted molar refractivity (Wildman–Crippen MR) is 115 cm³/mol. The summed E-state index contributed by atoms with van der Waals surface area (Å²) >= 11 is 0. The number of nitrogens with zero attached hydrogens (tertiary/aromatic N) is 2. The van der Waals surface area contributed by atoms with Crippen LogP contribution < -0.4 is 19.5 Å². The van der Waals surface area contributed by atoms with Crippen LogP contribution in [0.2, 0.25) is 0 Å². The van der Waals surface area contributed by atoms with E-state index in [9.17, 15) is 13.7 Å². The summed E-state index contributed by atoms with van der Waals surface area (Å²) in [4.78, 5) is 4.34. The van der Waals surface area contributed by atoms with Gasteiger partial charge >= 0.3 is 0 Å². The zero-order valence-electron chi connectivity index (χ0n) is 16.5. The van der Waals surface area contributed by atoms with Gasteiger partial charge in [0.2, 0.25) is 10.0 Å². The number of nitriles is 1. The molecule has 0 aliphatic heterocycles. The molecule has 154 valence electrons. The minimum absolute atomic E-state index is 0.288. The molecule has 3 aromatic rings. The standard InChI is InChI=1S/C21H20N4O4S/c1-28-19-9-17-18(10-20(19)29-2)23-12-13(11-22)21(17)24-14-3-5-15(6-4-14)25-30(26,27)16-7-8-16/h3-6,9-10,12,16,25H,7-8H2,1-2H3,(H,23,24). The number of anilines is 3. The van der Waals surface area contributed by atoms with E-state index in [2.05, 4.69) is 21.1 Å². The molecule has 0 radical (unpaired) electrons. The van der Waals surface area contributed by atoms with Gasteiger partial charge in [0.25, 0.3) is 0 Å². The number of methoxy groups -OCH3 is 2. The van der Waals surface area contributed by atoms with E-state index in [1.807, 2.05) is 0 Å². The smallest absolute Gasteiger partial charge is 0.235 e. The largest absolute Gasteiger partial charge is 0.493 e. The molecule has 8 nitrogen and oxygen atoms in total. The van der Waals surface area contributed by atoms with Crippen LogP contribution in [0, 0.1) is 11.3 Å². The van der Waals surface area contributed by atoms with E-state index in [0.29, 0.717) is 57.9 Å². The van der Waals surface area contributed by atoms with Gasteiger partial charge in [0.05, 0.1) is 36.2 Å². The van der Waals surface area contributed by atoms with Crippen molar-refractivity contribution in [2.24, 2.45) is 0 Å². The van der Waals surface area contributed by atoms with E-state index in [1.54, 1.807) is 50.6 Å². The minimum atomic E-state index is -3.31. The Morgan fingerprint density at radius 1 is 1.07 bits per heavy atom. The highest BCUT2D eigenvalue weighted by Crippen LogP contribution is 2.37. The topological polar surface area (TPSA) is 113 Å². The Morgan fingerprint density at radius 3 is 2.30 bits per heavy atom. The zero-order chi connectivity index (χ0) is 21.3. The molecule has 1 saturated carbocycles. The monoisotopic (exact) mass is 424 g/mol. The first-order chi connectivity index (χ1) is 14.4. The molecule has 0 saturated heterocycles. The van der Waals surface area contributed by atoms with Crippen molar-refractivity contribution < 1.29 is 17.9 Å². The summed E-state index contributed by atoms with van der Waals surface area (Å²) in [6.45, 7) is 0. The summed E-state index contributed by atoms with van der Waals surface area (Å²) in [6.07, 6.45) is 2.90. The number of aromatic nitrogens is 1. The molecule has 0 atom stereocenters. The van der Waals surface area contributed by atoms with E-state index in [1.165, 1.54) is 6.20 Å². The fraction of sp³-hybridized carbons (Fsp3) is 0.238. The van der Waals surface area contributed by atoms with Crippen molar-refractivity contribution >= 4 is 38.0 Å². The molecule has 1 aromatic heterocycles. The molecule has 0 amide bonds. The fourth-order valence-corrected chi connectivity index (χ4v) is 4.52. The predicted octanol–water partition coefficient (Wildman–Crippen LogP) is 3.77. The number of nitrogens with one attached hydrogen (secondary N) is 2. The van der Waals surface area contributed by atoms with Crippen LogP contribution in [0.3, 0.4) is 0 Å². The molecule has 4 rings (SSSR count). The second-order valence-corrected chi connectivity index (χ2v) is 8.89. The molecule has 1 heterocycles. The Balaban J connectivity index is 1.68. The molecule has 30 heavy (non-hydrogen) atoms. The van der Waals surface area contributed by atoms with Crippen LogP contribution in [0.1, 0.15) is 18.4 Å². The molecule has 2 aromatic carbocycles. The molecule has 1 aliphatic rings. The number of benzene rings is 2. The van der Waals surface area contributed by atoms with Gasteiger partial charge in [-0.25, -0.2) is 8.42 Å². The number of sulfonamides is 1. The highest BCUT2D eigenvalue weighted by atomic mass is 32.2. The van der Waals surface area contributed by atoms with Crippen molar-refractivity contribution in [1.82, 2.24) is 4.98 Å². The summed E-state index contributed by atoms with van der Waals surface area (Å²) in [5, 5.41) is 13.2. The molecule has 9 heteroatoms. The van der Waals surface area contributed by atoms with Gasteiger partial charge in [-0.15, -0.1) is 0 Å². The molecule has 2 N–H and O–H groups in total. The molecule has 0 spiro atoms. The Kier molecular flexibility index (Phi) is 5.10. The molecule has 0 bridgehead atoms. The van der Waals surface area contributed by atoms with Crippen LogP contribution in [0.15, 0.2) is 42.6 Å². The van der Waals surface area contributed by atoms with Gasteiger partial charge in [0, 0.05) is 29.0 Å². The first-order valence-corrected chi connectivity index (χ1v) is 10.8. The summed E-state index contributed by atoms with van der Waals surface area (Å²) in [5.74, 6) is 1.07. The Labute approximate surface area is 174 Å². The van der Waals surface area contributed by atoms with E-state index < -0.39 is 10.0 Å². The quantitative estimate of drug-likeness (QED) is 0.593. The highest BCUT2D eigenvalue weighted by molar-refractivity contribution is 7.93. The van der Waals surface area contributed by atoms with Crippen LogP contribution in [0.25, 0.3) is 10.9 Å². The lowest BCUT2D eigenvalue weighted by Crippen LogP contribution is -2.17. The first kappa shape index (κ1) is 19.8. The van der Waals surface area contributed by atoms with Gasteiger partial charge in [-0.05, 0) is 43.2 Å². The molecule has 1 fully saturated rings. The third kappa shape index (κ3) is 3.82. The summed E-state index contributed by atoms with van der Waals surface area (Å²) < 4.78 is 37.5. The molecular formula is C21H20N4O4S. The number of hydrogen-bond donors (Lipinski definition) is 2. The van der Waals surface area contributed by atoms with Gasteiger partial charge in [0.1, 0.15) is 6.07 Å². The zero-order valence-corrected chi connectivity index (χ0v) is 17.3. The summed E-state index contributed by atoms with van der Waals surface area (Å²) in [6, 6.07) is 12.5. The summed E-state index contributed by atoms with van der Waals surface area (Å²) in [5.41, 5.74) is 2.79. The van der Waals surface area contributed by atoms with Crippen molar-refractivity contribution in [2.45, 2.75) is 18.1 Å². The van der Waals surface area contributed by atoms with Crippen molar-refractivity contribution in [3.63, 3.8) is 0 Å². The second-order valence-electron chi connectivity index (χ2n) is 6.93.